The summed E-state index contributed by atoms with van der Waals surface area (Å²) >= 11 is 0. The molecule has 2 aliphatic rings. The fourth-order valence-corrected chi connectivity index (χ4v) is 2.77. The molecule has 102 valence electrons. The van der Waals surface area contributed by atoms with Gasteiger partial charge in [-0.25, -0.2) is 4.79 Å². The summed E-state index contributed by atoms with van der Waals surface area (Å²) in [6.07, 6.45) is 3.42. The Morgan fingerprint density at radius 3 is 2.44 bits per heavy atom. The number of likely N-dealkylation sites (tertiary alicyclic amines) is 2. The molecular weight excluding hydrogens is 234 g/mol. The van der Waals surface area contributed by atoms with Crippen LogP contribution >= 0.6 is 0 Å². The van der Waals surface area contributed by atoms with Crippen LogP contribution in [0.5, 0.6) is 0 Å². The number of rotatable bonds is 2. The summed E-state index contributed by atoms with van der Waals surface area (Å²) in [7, 11) is 0. The van der Waals surface area contributed by atoms with Gasteiger partial charge in [0.1, 0.15) is 0 Å². The number of urea groups is 1. The zero-order chi connectivity index (χ0) is 13.1. The number of amides is 2. The molecule has 2 saturated heterocycles. The van der Waals surface area contributed by atoms with Crippen molar-refractivity contribution in [1.29, 1.82) is 0 Å². The van der Waals surface area contributed by atoms with Crippen molar-refractivity contribution in [2.24, 2.45) is 5.73 Å². The quantitative estimate of drug-likeness (QED) is 0.751. The van der Waals surface area contributed by atoms with E-state index in [2.05, 4.69) is 0 Å². The van der Waals surface area contributed by atoms with Gasteiger partial charge in [-0.3, -0.25) is 4.79 Å². The average Bonchev–Trinajstić information content (AvgIpc) is 2.76. The molecule has 2 amide bonds. The van der Waals surface area contributed by atoms with E-state index in [1.165, 1.54) is 0 Å². The van der Waals surface area contributed by atoms with Gasteiger partial charge in [-0.05, 0) is 25.7 Å². The molecule has 0 aliphatic carbocycles. The lowest BCUT2D eigenvalue weighted by atomic mass is 10.1. The summed E-state index contributed by atoms with van der Waals surface area (Å²) in [6.45, 7) is 2.06. The molecule has 6 heteroatoms. The number of nitrogens with zero attached hydrogens (tertiary/aromatic N) is 2. The average molecular weight is 255 g/mol. The Balaban J connectivity index is 1.93. The Bertz CT molecular complexity index is 327. The predicted molar refractivity (Wildman–Crippen MR) is 66.2 cm³/mol. The smallest absolute Gasteiger partial charge is 0.320 e. The summed E-state index contributed by atoms with van der Waals surface area (Å²) in [5.74, 6) is -0.833. The molecule has 1 unspecified atom stereocenters. The topological polar surface area (TPSA) is 86.9 Å². The molecule has 6 nitrogen and oxygen atoms in total. The van der Waals surface area contributed by atoms with Gasteiger partial charge >= 0.3 is 12.0 Å². The lowest BCUT2D eigenvalue weighted by molar-refractivity contribution is -0.138. The third kappa shape index (κ3) is 2.93. The van der Waals surface area contributed by atoms with Crippen LogP contribution in [0.15, 0.2) is 0 Å². The highest BCUT2D eigenvalue weighted by molar-refractivity contribution is 5.76. The molecule has 3 N–H and O–H groups in total. The van der Waals surface area contributed by atoms with Crippen molar-refractivity contribution >= 4 is 12.0 Å². The Hall–Kier alpha value is -1.30. The molecule has 0 bridgehead atoms. The second-order valence-corrected chi connectivity index (χ2v) is 5.19. The minimum Gasteiger partial charge on any atom is -0.481 e. The lowest BCUT2D eigenvalue weighted by Gasteiger charge is -2.35. The largest absolute Gasteiger partial charge is 0.481 e. The van der Waals surface area contributed by atoms with Gasteiger partial charge in [-0.2, -0.15) is 0 Å². The van der Waals surface area contributed by atoms with Crippen LogP contribution in [0.25, 0.3) is 0 Å². The van der Waals surface area contributed by atoms with E-state index >= 15 is 0 Å². The fourth-order valence-electron chi connectivity index (χ4n) is 2.77. The number of hydrogen-bond donors (Lipinski definition) is 2. The van der Waals surface area contributed by atoms with Gasteiger partial charge in [0.05, 0.1) is 6.42 Å². The zero-order valence-corrected chi connectivity index (χ0v) is 10.5. The van der Waals surface area contributed by atoms with Crippen molar-refractivity contribution in [2.75, 3.05) is 19.6 Å². The molecule has 0 radical (unpaired) electrons. The molecule has 0 saturated carbocycles. The first-order valence-corrected chi connectivity index (χ1v) is 6.61. The third-order valence-electron chi connectivity index (χ3n) is 3.84. The van der Waals surface area contributed by atoms with E-state index in [1.54, 1.807) is 4.90 Å². The maximum atomic E-state index is 12.3. The van der Waals surface area contributed by atoms with Crippen molar-refractivity contribution in [3.63, 3.8) is 0 Å². The normalized spacial score (nSPS) is 25.5. The molecule has 2 heterocycles. The van der Waals surface area contributed by atoms with Crippen molar-refractivity contribution in [3.8, 4) is 0 Å². The monoisotopic (exact) mass is 255 g/mol. The molecule has 0 aromatic heterocycles. The summed E-state index contributed by atoms with van der Waals surface area (Å²) in [4.78, 5) is 26.6. The number of nitrogens with two attached hydrogens (primary N) is 1. The van der Waals surface area contributed by atoms with Crippen molar-refractivity contribution < 1.29 is 14.7 Å². The van der Waals surface area contributed by atoms with Crippen LogP contribution in [0, 0.1) is 0 Å². The number of carboxylic acid groups (broad SMARTS) is 1. The number of carboxylic acids is 1. The van der Waals surface area contributed by atoms with Crippen LogP contribution in [0.4, 0.5) is 4.79 Å². The standard InChI is InChI=1S/C12H21N3O3/c13-9-3-6-14(7-4-9)12(18)15-5-1-2-10(15)8-11(16)17/h9-10H,1-8,13H2,(H,16,17). The molecular formula is C12H21N3O3. The molecule has 2 rings (SSSR count). The molecule has 18 heavy (non-hydrogen) atoms. The molecule has 2 aliphatic heterocycles. The van der Waals surface area contributed by atoms with Crippen molar-refractivity contribution in [3.05, 3.63) is 0 Å². The van der Waals surface area contributed by atoms with Gasteiger partial charge in [0, 0.05) is 31.7 Å². The van der Waals surface area contributed by atoms with Gasteiger partial charge < -0.3 is 20.6 Å². The minimum absolute atomic E-state index is 0.00866. The maximum Gasteiger partial charge on any atom is 0.320 e. The van der Waals surface area contributed by atoms with Crippen molar-refractivity contribution in [1.82, 2.24) is 9.80 Å². The zero-order valence-electron chi connectivity index (χ0n) is 10.5. The van der Waals surface area contributed by atoms with Crippen molar-refractivity contribution in [2.45, 2.75) is 44.2 Å². The van der Waals surface area contributed by atoms with Crippen LogP contribution in [0.1, 0.15) is 32.1 Å². The lowest BCUT2D eigenvalue weighted by Crippen LogP contribution is -2.50. The first kappa shape index (κ1) is 13.1. The number of hydrogen-bond acceptors (Lipinski definition) is 3. The predicted octanol–water partition coefficient (Wildman–Crippen LogP) is 0.469. The van der Waals surface area contributed by atoms with Gasteiger partial charge in [0.25, 0.3) is 0 Å². The second kappa shape index (κ2) is 5.56. The Kier molecular flexibility index (Phi) is 4.06. The van der Waals surface area contributed by atoms with E-state index < -0.39 is 5.97 Å². The number of piperidine rings is 1. The fraction of sp³-hybridized carbons (Fsp3) is 0.833. The molecule has 0 aromatic rings. The van der Waals surface area contributed by atoms with Gasteiger partial charge in [-0.15, -0.1) is 0 Å². The van der Waals surface area contributed by atoms with Gasteiger partial charge in [0.15, 0.2) is 0 Å². The highest BCUT2D eigenvalue weighted by Crippen LogP contribution is 2.23. The van der Waals surface area contributed by atoms with E-state index in [0.29, 0.717) is 19.6 Å². The summed E-state index contributed by atoms with van der Waals surface area (Å²) in [5, 5.41) is 8.85. The van der Waals surface area contributed by atoms with Crippen LogP contribution in [0.2, 0.25) is 0 Å². The van der Waals surface area contributed by atoms with Gasteiger partial charge in [-0.1, -0.05) is 0 Å². The SMILES string of the molecule is NC1CCN(C(=O)N2CCCC2CC(=O)O)CC1. The van der Waals surface area contributed by atoms with Crippen LogP contribution < -0.4 is 5.73 Å². The molecule has 2 fully saturated rings. The summed E-state index contributed by atoms with van der Waals surface area (Å²) in [5.41, 5.74) is 5.81. The Morgan fingerprint density at radius 2 is 1.83 bits per heavy atom. The summed E-state index contributed by atoms with van der Waals surface area (Å²) < 4.78 is 0. The van der Waals surface area contributed by atoms with Crippen LogP contribution in [0.3, 0.4) is 0 Å². The van der Waals surface area contributed by atoms with E-state index in [0.717, 1.165) is 25.7 Å². The van der Waals surface area contributed by atoms with Crippen LogP contribution in [-0.4, -0.2) is 58.6 Å². The molecule has 0 spiro atoms. The number of carbonyl (C=O) groups excluding carboxylic acids is 1. The van der Waals surface area contributed by atoms with E-state index in [4.69, 9.17) is 10.8 Å². The maximum absolute atomic E-state index is 12.3. The van der Waals surface area contributed by atoms with E-state index in [-0.39, 0.29) is 24.5 Å². The molecule has 1 atom stereocenters. The first-order chi connectivity index (χ1) is 8.58. The van der Waals surface area contributed by atoms with E-state index in [1.807, 2.05) is 4.90 Å². The summed E-state index contributed by atoms with van der Waals surface area (Å²) in [6, 6.07) is 0.0543. The first-order valence-electron chi connectivity index (χ1n) is 6.61. The van der Waals surface area contributed by atoms with Crippen LogP contribution in [-0.2, 0) is 4.79 Å². The highest BCUT2D eigenvalue weighted by Gasteiger charge is 2.33. The molecule has 0 aromatic carbocycles. The number of carbonyl (C=O) groups is 2. The number of aliphatic carboxylic acids is 1. The van der Waals surface area contributed by atoms with Gasteiger partial charge in [0.2, 0.25) is 0 Å². The highest BCUT2D eigenvalue weighted by atomic mass is 16.4. The third-order valence-corrected chi connectivity index (χ3v) is 3.84. The Labute approximate surface area is 107 Å². The Morgan fingerprint density at radius 1 is 1.17 bits per heavy atom. The second-order valence-electron chi connectivity index (χ2n) is 5.19. The minimum atomic E-state index is -0.833. The van der Waals surface area contributed by atoms with E-state index in [9.17, 15) is 9.59 Å².